The molecule has 1 aliphatic carbocycles. The molecule has 2 atom stereocenters. The Balaban J connectivity index is 1.42. The number of carbonyl (C=O) groups excluding carboxylic acids is 1. The fraction of sp³-hybridized carbons (Fsp3) is 0.500. The Kier molecular flexibility index (Phi) is 6.86. The van der Waals surface area contributed by atoms with Gasteiger partial charge >= 0.3 is 0 Å². The van der Waals surface area contributed by atoms with Gasteiger partial charge in [0.1, 0.15) is 11.6 Å². The highest BCUT2D eigenvalue weighted by Crippen LogP contribution is 2.46. The van der Waals surface area contributed by atoms with Gasteiger partial charge in [0.05, 0.1) is 22.8 Å². The molecule has 1 unspecified atom stereocenters. The number of likely N-dealkylation sites (tertiary alicyclic amines) is 1. The number of amides is 1. The van der Waals surface area contributed by atoms with Gasteiger partial charge in [-0.3, -0.25) is 19.7 Å². The van der Waals surface area contributed by atoms with Crippen LogP contribution in [0.3, 0.4) is 0 Å². The van der Waals surface area contributed by atoms with E-state index < -0.39 is 23.0 Å². The molecule has 7 nitrogen and oxygen atoms in total. The van der Waals surface area contributed by atoms with Gasteiger partial charge in [-0.05, 0) is 43.6 Å². The van der Waals surface area contributed by atoms with Crippen molar-refractivity contribution < 1.29 is 13.6 Å². The molecule has 1 saturated heterocycles. The van der Waals surface area contributed by atoms with Crippen molar-refractivity contribution in [2.24, 2.45) is 11.8 Å². The molecule has 6 rings (SSSR count). The summed E-state index contributed by atoms with van der Waals surface area (Å²) >= 11 is 6.21. The van der Waals surface area contributed by atoms with Crippen LogP contribution in [0.4, 0.5) is 20.4 Å². The van der Waals surface area contributed by atoms with E-state index in [-0.39, 0.29) is 46.0 Å². The lowest BCUT2D eigenvalue weighted by molar-refractivity contribution is 0.0967. The second-order valence-corrected chi connectivity index (χ2v) is 12.7. The number of aromatic amines is 1. The number of nitrogens with zero attached hydrogens (tertiary/aromatic N) is 4. The number of carbonyl (C=O) groups is 1. The van der Waals surface area contributed by atoms with E-state index in [0.29, 0.717) is 11.7 Å². The average Bonchev–Trinajstić information content (AvgIpc) is 3.59. The topological polar surface area (TPSA) is 77.2 Å². The summed E-state index contributed by atoms with van der Waals surface area (Å²) in [6.07, 6.45) is 5.71. The summed E-state index contributed by atoms with van der Waals surface area (Å²) in [5.74, 6) is 0.120. The van der Waals surface area contributed by atoms with Gasteiger partial charge in [0.25, 0.3) is 5.91 Å². The van der Waals surface area contributed by atoms with Crippen molar-refractivity contribution in [3.05, 3.63) is 69.5 Å². The predicted octanol–water partition coefficient (Wildman–Crippen LogP) is 5.97. The first-order valence-electron chi connectivity index (χ1n) is 14.1. The molecular weight excluding hydrogens is 534 g/mol. The van der Waals surface area contributed by atoms with E-state index in [1.54, 1.807) is 30.2 Å². The molecule has 1 aromatic carbocycles. The van der Waals surface area contributed by atoms with Crippen LogP contribution in [0.2, 0.25) is 5.02 Å². The number of H-pyrrole nitrogens is 1. The number of anilines is 2. The van der Waals surface area contributed by atoms with E-state index in [1.165, 1.54) is 25.1 Å². The van der Waals surface area contributed by atoms with E-state index in [9.17, 15) is 4.79 Å². The van der Waals surface area contributed by atoms with Crippen LogP contribution in [0, 0.1) is 23.5 Å². The number of halogens is 3. The van der Waals surface area contributed by atoms with Gasteiger partial charge in [0.2, 0.25) is 0 Å². The molecule has 3 aliphatic rings. The normalized spacial score (nSPS) is 22.4. The van der Waals surface area contributed by atoms with Gasteiger partial charge in [-0.1, -0.05) is 44.5 Å². The molecule has 212 valence electrons. The summed E-state index contributed by atoms with van der Waals surface area (Å²) in [6, 6.07) is 4.79. The third-order valence-corrected chi connectivity index (χ3v) is 9.28. The molecule has 10 heteroatoms. The first-order valence-corrected chi connectivity index (χ1v) is 14.4. The molecule has 2 aromatic heterocycles. The Bertz CT molecular complexity index is 1450. The number of benzene rings is 1. The Morgan fingerprint density at radius 1 is 1.18 bits per heavy atom. The molecule has 0 radical (unpaired) electrons. The summed E-state index contributed by atoms with van der Waals surface area (Å²) in [5, 5.41) is 10.4. The maximum atomic E-state index is 16.5. The summed E-state index contributed by atoms with van der Waals surface area (Å²) < 4.78 is 32.1. The van der Waals surface area contributed by atoms with Crippen LogP contribution >= 0.6 is 11.6 Å². The van der Waals surface area contributed by atoms with E-state index >= 15 is 8.78 Å². The summed E-state index contributed by atoms with van der Waals surface area (Å²) in [5.41, 5.74) is 0.0422. The van der Waals surface area contributed by atoms with Crippen LogP contribution in [0.5, 0.6) is 0 Å². The molecule has 1 saturated carbocycles. The molecule has 0 spiro atoms. The van der Waals surface area contributed by atoms with E-state index in [4.69, 9.17) is 11.6 Å². The maximum absolute atomic E-state index is 16.5. The highest BCUT2D eigenvalue weighted by atomic mass is 35.5. The maximum Gasteiger partial charge on any atom is 0.261 e. The number of fused-ring (bicyclic) bond motifs is 1. The monoisotopic (exact) mass is 568 g/mol. The van der Waals surface area contributed by atoms with E-state index in [2.05, 4.69) is 46.2 Å². The van der Waals surface area contributed by atoms with Gasteiger partial charge in [0, 0.05) is 54.5 Å². The minimum absolute atomic E-state index is 0.00489. The van der Waals surface area contributed by atoms with Crippen LogP contribution in [-0.2, 0) is 5.41 Å². The Hall–Kier alpha value is -3.04. The fourth-order valence-electron chi connectivity index (χ4n) is 6.10. The number of aromatic nitrogens is 3. The van der Waals surface area contributed by atoms with Crippen molar-refractivity contribution >= 4 is 29.1 Å². The van der Waals surface area contributed by atoms with Crippen molar-refractivity contribution in [2.75, 3.05) is 36.4 Å². The lowest BCUT2D eigenvalue weighted by Gasteiger charge is -2.43. The van der Waals surface area contributed by atoms with Gasteiger partial charge in [-0.15, -0.1) is 0 Å². The van der Waals surface area contributed by atoms with Crippen LogP contribution in [0.15, 0.2) is 30.6 Å². The lowest BCUT2D eigenvalue weighted by Crippen LogP contribution is -2.55. The zero-order chi connectivity index (χ0) is 28.3. The number of pyridine rings is 1. The van der Waals surface area contributed by atoms with Gasteiger partial charge < -0.3 is 5.32 Å². The number of hydrogen-bond donors (Lipinski definition) is 2. The molecule has 2 N–H and O–H groups in total. The fourth-order valence-corrected chi connectivity index (χ4v) is 6.27. The molecule has 40 heavy (non-hydrogen) atoms. The lowest BCUT2D eigenvalue weighted by atomic mass is 9.71. The molecule has 2 aliphatic heterocycles. The highest BCUT2D eigenvalue weighted by Gasteiger charge is 2.47. The Labute approximate surface area is 238 Å². The predicted molar refractivity (Wildman–Crippen MR) is 152 cm³/mol. The summed E-state index contributed by atoms with van der Waals surface area (Å²) in [4.78, 5) is 22.2. The van der Waals surface area contributed by atoms with Gasteiger partial charge in [0.15, 0.2) is 11.6 Å². The van der Waals surface area contributed by atoms with Crippen molar-refractivity contribution in [3.8, 4) is 0 Å². The quantitative estimate of drug-likeness (QED) is 0.350. The van der Waals surface area contributed by atoms with Crippen molar-refractivity contribution in [1.82, 2.24) is 20.1 Å². The van der Waals surface area contributed by atoms with Crippen molar-refractivity contribution in [2.45, 2.75) is 57.9 Å². The van der Waals surface area contributed by atoms with Crippen LogP contribution in [0.1, 0.15) is 73.5 Å². The molecule has 0 bridgehead atoms. The third-order valence-electron chi connectivity index (χ3n) is 8.99. The number of hydrogen-bond acceptors (Lipinski definition) is 5. The SMILES string of the molecule is CC(C)C(C)c1cn[nH]c1N1C[C@](C)(c2cccc(Cl)c2F)c2c(cnc(NC3CN(CC4CC4)C3)c2F)C1=O. The number of rotatable bonds is 8. The van der Waals surface area contributed by atoms with Crippen LogP contribution in [0.25, 0.3) is 0 Å². The first kappa shape index (κ1) is 27.1. The molecule has 1 amide bonds. The molecular formula is C30H35ClF2N6O. The largest absolute Gasteiger partial charge is 0.362 e. The van der Waals surface area contributed by atoms with Crippen LogP contribution < -0.4 is 10.2 Å². The zero-order valence-electron chi connectivity index (χ0n) is 23.3. The standard InChI is InChI=1S/C30H35ClF2N6O/c1-16(2)17(3)20-11-35-37-28(20)39-15-30(4,22-6-5-7-23(31)25(22)32)24-21(29(39)40)10-34-27(26(24)33)36-19-13-38(14-19)12-18-8-9-18/h5-7,10-11,16-19H,8-9,12-15H2,1-4H3,(H,34,36)(H,35,37)/t17?,30-/m1/s1. The molecule has 2 fully saturated rings. The minimum Gasteiger partial charge on any atom is -0.362 e. The Morgan fingerprint density at radius 3 is 2.62 bits per heavy atom. The molecule has 4 heterocycles. The Morgan fingerprint density at radius 2 is 1.93 bits per heavy atom. The zero-order valence-corrected chi connectivity index (χ0v) is 24.0. The average molecular weight is 569 g/mol. The van der Waals surface area contributed by atoms with Gasteiger partial charge in [-0.25, -0.2) is 13.8 Å². The first-order chi connectivity index (χ1) is 19.1. The van der Waals surface area contributed by atoms with E-state index in [1.807, 2.05) is 0 Å². The smallest absolute Gasteiger partial charge is 0.261 e. The number of nitrogens with one attached hydrogen (secondary N) is 2. The third kappa shape index (κ3) is 4.57. The van der Waals surface area contributed by atoms with Crippen LogP contribution in [-0.4, -0.2) is 58.2 Å². The highest BCUT2D eigenvalue weighted by molar-refractivity contribution is 6.30. The van der Waals surface area contributed by atoms with Crippen molar-refractivity contribution in [1.29, 1.82) is 0 Å². The second-order valence-electron chi connectivity index (χ2n) is 12.2. The minimum atomic E-state index is -1.26. The second kappa shape index (κ2) is 10.1. The summed E-state index contributed by atoms with van der Waals surface area (Å²) in [7, 11) is 0. The van der Waals surface area contributed by atoms with E-state index in [0.717, 1.165) is 31.1 Å². The van der Waals surface area contributed by atoms with Gasteiger partial charge in [-0.2, -0.15) is 5.10 Å². The summed E-state index contributed by atoms with van der Waals surface area (Å²) in [6.45, 7) is 10.7. The molecule has 3 aromatic rings. The van der Waals surface area contributed by atoms with Crippen molar-refractivity contribution in [3.63, 3.8) is 0 Å².